The molecule has 0 aliphatic heterocycles. The Kier molecular flexibility index (Phi) is 4.58. The van der Waals surface area contributed by atoms with E-state index in [-0.39, 0.29) is 4.90 Å². The van der Waals surface area contributed by atoms with Crippen molar-refractivity contribution in [2.45, 2.75) is 11.3 Å². The number of nitrogens with one attached hydrogen (secondary N) is 1. The molecule has 1 N–H and O–H groups in total. The molecule has 1 aromatic rings. The fraction of sp³-hybridized carbons (Fsp3) is 0.400. The Bertz CT molecular complexity index is 459. The minimum Gasteiger partial charge on any atom is -0.497 e. The summed E-state index contributed by atoms with van der Waals surface area (Å²) in [6, 6.07) is 4.82. The van der Waals surface area contributed by atoms with Gasteiger partial charge in [-0.2, -0.15) is 0 Å². The first-order valence-corrected chi connectivity index (χ1v) is 6.73. The lowest BCUT2D eigenvalue weighted by molar-refractivity contribution is 0.414. The minimum atomic E-state index is -3.44. The van der Waals surface area contributed by atoms with Crippen LogP contribution in [0, 0.1) is 0 Å². The number of rotatable bonds is 5. The predicted molar refractivity (Wildman–Crippen MR) is 63.7 cm³/mol. The molecule has 1 aromatic carbocycles. The largest absolute Gasteiger partial charge is 0.497 e. The lowest BCUT2D eigenvalue weighted by Gasteiger charge is -2.10. The van der Waals surface area contributed by atoms with Crippen molar-refractivity contribution in [3.63, 3.8) is 0 Å². The highest BCUT2D eigenvalue weighted by molar-refractivity contribution is 7.89. The normalized spacial score (nSPS) is 11.4. The third-order valence-corrected chi connectivity index (χ3v) is 3.89. The van der Waals surface area contributed by atoms with Crippen molar-refractivity contribution in [2.24, 2.45) is 0 Å². The molecule has 0 spiro atoms. The highest BCUT2D eigenvalue weighted by Crippen LogP contribution is 2.22. The number of sulfonamides is 1. The molecular formula is C10H14ClNO3S. The summed E-state index contributed by atoms with van der Waals surface area (Å²) in [5.74, 6) is 0.981. The molecule has 1 rings (SSSR count). The first-order chi connectivity index (χ1) is 7.55. The monoisotopic (exact) mass is 263 g/mol. The lowest BCUT2D eigenvalue weighted by Crippen LogP contribution is -2.20. The van der Waals surface area contributed by atoms with E-state index in [1.165, 1.54) is 20.2 Å². The van der Waals surface area contributed by atoms with Gasteiger partial charge in [-0.15, -0.1) is 11.6 Å². The number of hydrogen-bond donors (Lipinski definition) is 1. The molecule has 0 saturated carbocycles. The molecule has 16 heavy (non-hydrogen) atoms. The smallest absolute Gasteiger partial charge is 0.240 e. The number of ether oxygens (including phenoxy) is 1. The standard InChI is InChI=1S/C10H14ClNO3S/c1-12-16(13,14)10-4-3-9(15-2)7-8(10)5-6-11/h3-4,7,12H,5-6H2,1-2H3. The van der Waals surface area contributed by atoms with Gasteiger partial charge in [-0.05, 0) is 37.2 Å². The van der Waals surface area contributed by atoms with Gasteiger partial charge in [-0.3, -0.25) is 0 Å². The summed E-state index contributed by atoms with van der Waals surface area (Å²) in [7, 11) is -0.527. The molecule has 0 heterocycles. The van der Waals surface area contributed by atoms with Gasteiger partial charge in [0.05, 0.1) is 12.0 Å². The maximum absolute atomic E-state index is 11.7. The highest BCUT2D eigenvalue weighted by Gasteiger charge is 2.16. The number of alkyl halides is 1. The summed E-state index contributed by atoms with van der Waals surface area (Å²) in [6.45, 7) is 0. The second-order valence-corrected chi connectivity index (χ2v) is 5.35. The van der Waals surface area contributed by atoms with Gasteiger partial charge in [0, 0.05) is 5.88 Å². The van der Waals surface area contributed by atoms with Crippen LogP contribution in [-0.4, -0.2) is 28.5 Å². The SMILES string of the molecule is CNS(=O)(=O)c1ccc(OC)cc1CCCl. The van der Waals surface area contributed by atoms with Crippen LogP contribution in [0.4, 0.5) is 0 Å². The first kappa shape index (κ1) is 13.3. The summed E-state index contributed by atoms with van der Waals surface area (Å²) >= 11 is 5.64. The van der Waals surface area contributed by atoms with Crippen LogP contribution in [0.15, 0.2) is 23.1 Å². The summed E-state index contributed by atoms with van der Waals surface area (Å²) in [5.41, 5.74) is 0.656. The topological polar surface area (TPSA) is 55.4 Å². The van der Waals surface area contributed by atoms with Crippen molar-refractivity contribution in [2.75, 3.05) is 20.0 Å². The predicted octanol–water partition coefficient (Wildman–Crippen LogP) is 1.38. The average Bonchev–Trinajstić information content (AvgIpc) is 2.29. The zero-order valence-corrected chi connectivity index (χ0v) is 10.7. The van der Waals surface area contributed by atoms with E-state index in [0.717, 1.165) is 0 Å². The Morgan fingerprint density at radius 2 is 2.12 bits per heavy atom. The molecule has 0 fully saturated rings. The van der Waals surface area contributed by atoms with Crippen molar-refractivity contribution < 1.29 is 13.2 Å². The minimum absolute atomic E-state index is 0.247. The van der Waals surface area contributed by atoms with Gasteiger partial charge in [0.1, 0.15) is 5.75 Å². The molecule has 0 saturated heterocycles. The Morgan fingerprint density at radius 3 is 2.62 bits per heavy atom. The van der Waals surface area contributed by atoms with E-state index in [9.17, 15) is 8.42 Å². The zero-order valence-electron chi connectivity index (χ0n) is 9.16. The number of aryl methyl sites for hydroxylation is 1. The van der Waals surface area contributed by atoms with Gasteiger partial charge >= 0.3 is 0 Å². The summed E-state index contributed by atoms with van der Waals surface area (Å²) in [4.78, 5) is 0.247. The molecule has 0 unspecified atom stereocenters. The van der Waals surface area contributed by atoms with Gasteiger partial charge in [-0.1, -0.05) is 0 Å². The van der Waals surface area contributed by atoms with Gasteiger partial charge in [0.25, 0.3) is 0 Å². The average molecular weight is 264 g/mol. The molecule has 6 heteroatoms. The van der Waals surface area contributed by atoms with Gasteiger partial charge < -0.3 is 4.74 Å². The number of methoxy groups -OCH3 is 1. The maximum Gasteiger partial charge on any atom is 0.240 e. The molecule has 0 radical (unpaired) electrons. The van der Waals surface area contributed by atoms with E-state index in [1.54, 1.807) is 12.1 Å². The molecule has 0 bridgehead atoms. The number of hydrogen-bond acceptors (Lipinski definition) is 3. The van der Waals surface area contributed by atoms with Gasteiger partial charge in [0.15, 0.2) is 0 Å². The third-order valence-electron chi connectivity index (χ3n) is 2.19. The number of benzene rings is 1. The van der Waals surface area contributed by atoms with E-state index in [2.05, 4.69) is 4.72 Å². The Morgan fingerprint density at radius 1 is 1.44 bits per heavy atom. The Hall–Kier alpha value is -0.780. The van der Waals surface area contributed by atoms with E-state index in [4.69, 9.17) is 16.3 Å². The van der Waals surface area contributed by atoms with Crippen LogP contribution in [0.1, 0.15) is 5.56 Å². The van der Waals surface area contributed by atoms with Crippen LogP contribution in [0.2, 0.25) is 0 Å². The second-order valence-electron chi connectivity index (χ2n) is 3.12. The van der Waals surface area contributed by atoms with Crippen molar-refractivity contribution in [3.05, 3.63) is 23.8 Å². The van der Waals surface area contributed by atoms with Crippen molar-refractivity contribution in [3.8, 4) is 5.75 Å². The molecule has 90 valence electrons. The molecule has 0 aliphatic carbocycles. The molecule has 4 nitrogen and oxygen atoms in total. The maximum atomic E-state index is 11.7. The van der Waals surface area contributed by atoms with Crippen LogP contribution >= 0.6 is 11.6 Å². The Balaban J connectivity index is 3.28. The van der Waals surface area contributed by atoms with Crippen LogP contribution in [0.3, 0.4) is 0 Å². The number of halogens is 1. The van der Waals surface area contributed by atoms with Crippen molar-refractivity contribution >= 4 is 21.6 Å². The van der Waals surface area contributed by atoms with Crippen molar-refractivity contribution in [1.82, 2.24) is 4.72 Å². The van der Waals surface area contributed by atoms with E-state index >= 15 is 0 Å². The van der Waals surface area contributed by atoms with Crippen molar-refractivity contribution in [1.29, 1.82) is 0 Å². The van der Waals surface area contributed by atoms with Gasteiger partial charge in [-0.25, -0.2) is 13.1 Å². The second kappa shape index (κ2) is 5.52. The molecule has 0 aromatic heterocycles. The van der Waals surface area contributed by atoms with Gasteiger partial charge in [0.2, 0.25) is 10.0 Å². The van der Waals surface area contributed by atoms with Crippen LogP contribution in [0.5, 0.6) is 5.75 Å². The van der Waals surface area contributed by atoms with E-state index < -0.39 is 10.0 Å². The summed E-state index contributed by atoms with van der Waals surface area (Å²) in [6.07, 6.45) is 0.481. The van der Waals surface area contributed by atoms with Crippen LogP contribution in [-0.2, 0) is 16.4 Å². The molecule has 0 amide bonds. The fourth-order valence-corrected chi connectivity index (χ4v) is 2.53. The molecule has 0 atom stereocenters. The molecule has 0 aliphatic rings. The summed E-state index contributed by atoms with van der Waals surface area (Å²) in [5, 5.41) is 0. The third kappa shape index (κ3) is 2.87. The van der Waals surface area contributed by atoms with E-state index in [1.807, 2.05) is 0 Å². The van der Waals surface area contributed by atoms with Crippen LogP contribution < -0.4 is 9.46 Å². The Labute approximate surface area is 101 Å². The van der Waals surface area contributed by atoms with E-state index in [0.29, 0.717) is 23.6 Å². The zero-order chi connectivity index (χ0) is 12.2. The quantitative estimate of drug-likeness (QED) is 0.817. The van der Waals surface area contributed by atoms with Crippen LogP contribution in [0.25, 0.3) is 0 Å². The fourth-order valence-electron chi connectivity index (χ4n) is 1.35. The highest BCUT2D eigenvalue weighted by atomic mass is 35.5. The first-order valence-electron chi connectivity index (χ1n) is 4.71. The lowest BCUT2D eigenvalue weighted by atomic mass is 10.1. The summed E-state index contributed by atoms with van der Waals surface area (Å²) < 4.78 is 30.7. The molecular weight excluding hydrogens is 250 g/mol.